The molecular weight excluding hydrogens is 260 g/mol. The van der Waals surface area contributed by atoms with E-state index in [0.717, 1.165) is 41.4 Å². The van der Waals surface area contributed by atoms with Crippen LogP contribution in [0.15, 0.2) is 18.5 Å². The lowest BCUT2D eigenvalue weighted by Crippen LogP contribution is -2.21. The summed E-state index contributed by atoms with van der Waals surface area (Å²) in [5.74, 6) is 1.18. The number of likely N-dealkylation sites (N-methyl/N-ethyl adjacent to an activating group) is 1. The highest BCUT2D eigenvalue weighted by Crippen LogP contribution is 2.25. The summed E-state index contributed by atoms with van der Waals surface area (Å²) in [7, 11) is 0. The molecule has 0 aliphatic heterocycles. The van der Waals surface area contributed by atoms with E-state index >= 15 is 0 Å². The van der Waals surface area contributed by atoms with E-state index in [1.54, 1.807) is 6.20 Å². The standard InChI is InChI=1S/C17H24N4/c1-6-18-9-12(3)16-13(4)20-17(21-14(16)5)15-10-19-8-7-11(15)2/h7-8,10,12,18H,6,9H2,1-5H3. The van der Waals surface area contributed by atoms with Crippen molar-refractivity contribution in [3.05, 3.63) is 41.0 Å². The maximum Gasteiger partial charge on any atom is 0.161 e. The molecule has 1 atom stereocenters. The van der Waals surface area contributed by atoms with Crippen LogP contribution in [0.1, 0.15) is 42.3 Å². The Balaban J connectivity index is 2.40. The Labute approximate surface area is 127 Å². The van der Waals surface area contributed by atoms with Gasteiger partial charge in [0.15, 0.2) is 5.82 Å². The van der Waals surface area contributed by atoms with Crippen LogP contribution in [0.25, 0.3) is 11.4 Å². The van der Waals surface area contributed by atoms with Crippen LogP contribution in [0.2, 0.25) is 0 Å². The summed E-state index contributed by atoms with van der Waals surface area (Å²) in [4.78, 5) is 13.6. The molecule has 0 bridgehead atoms. The van der Waals surface area contributed by atoms with Crippen LogP contribution in [-0.4, -0.2) is 28.0 Å². The fraction of sp³-hybridized carbons (Fsp3) is 0.471. The van der Waals surface area contributed by atoms with E-state index < -0.39 is 0 Å². The topological polar surface area (TPSA) is 50.7 Å². The molecule has 21 heavy (non-hydrogen) atoms. The van der Waals surface area contributed by atoms with Crippen molar-refractivity contribution in [2.45, 2.75) is 40.5 Å². The molecule has 1 N–H and O–H groups in total. The highest BCUT2D eigenvalue weighted by atomic mass is 14.9. The number of rotatable bonds is 5. The third-order valence-corrected chi connectivity index (χ3v) is 3.80. The van der Waals surface area contributed by atoms with E-state index in [-0.39, 0.29) is 0 Å². The van der Waals surface area contributed by atoms with Crippen LogP contribution < -0.4 is 5.32 Å². The molecule has 1 unspecified atom stereocenters. The predicted molar refractivity (Wildman–Crippen MR) is 86.4 cm³/mol. The fourth-order valence-electron chi connectivity index (χ4n) is 2.72. The van der Waals surface area contributed by atoms with Crippen molar-refractivity contribution in [2.24, 2.45) is 0 Å². The molecular formula is C17H24N4. The van der Waals surface area contributed by atoms with Crippen molar-refractivity contribution < 1.29 is 0 Å². The molecule has 2 aromatic heterocycles. The maximum absolute atomic E-state index is 4.72. The first-order chi connectivity index (χ1) is 10.0. The van der Waals surface area contributed by atoms with Gasteiger partial charge in [0.1, 0.15) is 0 Å². The van der Waals surface area contributed by atoms with Crippen LogP contribution in [0.3, 0.4) is 0 Å². The van der Waals surface area contributed by atoms with Gasteiger partial charge < -0.3 is 5.32 Å². The van der Waals surface area contributed by atoms with Gasteiger partial charge in [-0.15, -0.1) is 0 Å². The summed E-state index contributed by atoms with van der Waals surface area (Å²) >= 11 is 0. The summed E-state index contributed by atoms with van der Waals surface area (Å²) in [6.45, 7) is 12.5. The average Bonchev–Trinajstić information content (AvgIpc) is 2.44. The van der Waals surface area contributed by atoms with Crippen molar-refractivity contribution in [3.63, 3.8) is 0 Å². The normalized spacial score (nSPS) is 12.4. The molecule has 2 aromatic rings. The number of nitrogens with zero attached hydrogens (tertiary/aromatic N) is 3. The average molecular weight is 284 g/mol. The van der Waals surface area contributed by atoms with Crippen LogP contribution in [-0.2, 0) is 0 Å². The molecule has 112 valence electrons. The van der Waals surface area contributed by atoms with Gasteiger partial charge in [0.25, 0.3) is 0 Å². The monoisotopic (exact) mass is 284 g/mol. The number of hydrogen-bond donors (Lipinski definition) is 1. The number of nitrogens with one attached hydrogen (secondary N) is 1. The van der Waals surface area contributed by atoms with E-state index in [1.165, 1.54) is 5.56 Å². The van der Waals surface area contributed by atoms with Crippen molar-refractivity contribution >= 4 is 0 Å². The molecule has 0 radical (unpaired) electrons. The van der Waals surface area contributed by atoms with E-state index in [0.29, 0.717) is 5.92 Å². The second kappa shape index (κ2) is 6.76. The minimum absolute atomic E-state index is 0.411. The van der Waals surface area contributed by atoms with Crippen molar-refractivity contribution in [1.29, 1.82) is 0 Å². The summed E-state index contributed by atoms with van der Waals surface area (Å²) < 4.78 is 0. The Hall–Kier alpha value is -1.81. The molecule has 0 aliphatic rings. The molecule has 0 aromatic carbocycles. The van der Waals surface area contributed by atoms with Crippen molar-refractivity contribution in [3.8, 4) is 11.4 Å². The molecule has 2 heterocycles. The first-order valence-electron chi connectivity index (χ1n) is 7.51. The third kappa shape index (κ3) is 3.45. The first kappa shape index (κ1) is 15.6. The van der Waals surface area contributed by atoms with Gasteiger partial charge in [-0.3, -0.25) is 4.98 Å². The number of pyridine rings is 1. The summed E-state index contributed by atoms with van der Waals surface area (Å²) in [5.41, 5.74) is 5.53. The predicted octanol–water partition coefficient (Wildman–Crippen LogP) is 3.18. The number of aryl methyl sites for hydroxylation is 3. The SMILES string of the molecule is CCNCC(C)c1c(C)nc(-c2cnccc2C)nc1C. The lowest BCUT2D eigenvalue weighted by atomic mass is 9.97. The van der Waals surface area contributed by atoms with Crippen molar-refractivity contribution in [2.75, 3.05) is 13.1 Å². The van der Waals surface area contributed by atoms with Crippen LogP contribution in [0.4, 0.5) is 0 Å². The zero-order valence-corrected chi connectivity index (χ0v) is 13.6. The Kier molecular flexibility index (Phi) is 5.02. The van der Waals surface area contributed by atoms with Gasteiger partial charge in [0.05, 0.1) is 0 Å². The number of hydrogen-bond acceptors (Lipinski definition) is 4. The molecule has 2 rings (SSSR count). The minimum atomic E-state index is 0.411. The molecule has 4 nitrogen and oxygen atoms in total. The Morgan fingerprint density at radius 3 is 2.38 bits per heavy atom. The molecule has 0 saturated heterocycles. The fourth-order valence-corrected chi connectivity index (χ4v) is 2.72. The summed E-state index contributed by atoms with van der Waals surface area (Å²) in [6, 6.07) is 1.99. The molecule has 0 aliphatic carbocycles. The Bertz CT molecular complexity index is 599. The van der Waals surface area contributed by atoms with Crippen LogP contribution in [0, 0.1) is 20.8 Å². The summed E-state index contributed by atoms with van der Waals surface area (Å²) in [6.07, 6.45) is 3.64. The largest absolute Gasteiger partial charge is 0.316 e. The van der Waals surface area contributed by atoms with Gasteiger partial charge in [-0.1, -0.05) is 13.8 Å². The van der Waals surface area contributed by atoms with Gasteiger partial charge in [0.2, 0.25) is 0 Å². The second-order valence-electron chi connectivity index (χ2n) is 5.53. The minimum Gasteiger partial charge on any atom is -0.316 e. The second-order valence-corrected chi connectivity index (χ2v) is 5.53. The zero-order valence-electron chi connectivity index (χ0n) is 13.6. The molecule has 0 amide bonds. The third-order valence-electron chi connectivity index (χ3n) is 3.80. The maximum atomic E-state index is 4.72. The summed E-state index contributed by atoms with van der Waals surface area (Å²) in [5, 5.41) is 3.39. The zero-order chi connectivity index (χ0) is 15.4. The quantitative estimate of drug-likeness (QED) is 0.916. The van der Waals surface area contributed by atoms with Crippen LogP contribution in [0.5, 0.6) is 0 Å². The lowest BCUT2D eigenvalue weighted by Gasteiger charge is -2.18. The Morgan fingerprint density at radius 1 is 1.14 bits per heavy atom. The molecule has 4 heteroatoms. The number of aromatic nitrogens is 3. The Morgan fingerprint density at radius 2 is 1.81 bits per heavy atom. The molecule has 0 fully saturated rings. The molecule has 0 saturated carbocycles. The highest BCUT2D eigenvalue weighted by molar-refractivity contribution is 5.59. The van der Waals surface area contributed by atoms with E-state index in [2.05, 4.69) is 44.9 Å². The smallest absolute Gasteiger partial charge is 0.161 e. The molecule has 0 spiro atoms. The highest BCUT2D eigenvalue weighted by Gasteiger charge is 2.16. The van der Waals surface area contributed by atoms with Crippen LogP contribution >= 0.6 is 0 Å². The first-order valence-corrected chi connectivity index (χ1v) is 7.51. The van der Waals surface area contributed by atoms with Gasteiger partial charge in [-0.2, -0.15) is 0 Å². The van der Waals surface area contributed by atoms with E-state index in [1.807, 2.05) is 12.3 Å². The van der Waals surface area contributed by atoms with Crippen molar-refractivity contribution in [1.82, 2.24) is 20.3 Å². The van der Waals surface area contributed by atoms with E-state index in [4.69, 9.17) is 9.97 Å². The van der Waals surface area contributed by atoms with Gasteiger partial charge in [0, 0.05) is 35.9 Å². The van der Waals surface area contributed by atoms with Gasteiger partial charge in [-0.25, -0.2) is 9.97 Å². The van der Waals surface area contributed by atoms with Gasteiger partial charge >= 0.3 is 0 Å². The lowest BCUT2D eigenvalue weighted by molar-refractivity contribution is 0.624. The van der Waals surface area contributed by atoms with Gasteiger partial charge in [-0.05, 0) is 50.4 Å². The van der Waals surface area contributed by atoms with E-state index in [9.17, 15) is 0 Å².